The summed E-state index contributed by atoms with van der Waals surface area (Å²) in [7, 11) is 0. The molecule has 2 aromatic rings. The molecule has 0 bridgehead atoms. The van der Waals surface area contributed by atoms with Gasteiger partial charge in [0.25, 0.3) is 0 Å². The van der Waals surface area contributed by atoms with E-state index in [2.05, 4.69) is 52.1 Å². The molecule has 21 heavy (non-hydrogen) atoms. The zero-order chi connectivity index (χ0) is 15.2. The lowest BCUT2D eigenvalue weighted by atomic mass is 10.1. The molecule has 0 aliphatic carbocycles. The van der Waals surface area contributed by atoms with Crippen LogP contribution in [0.15, 0.2) is 22.8 Å². The summed E-state index contributed by atoms with van der Waals surface area (Å²) in [4.78, 5) is 4.43. The van der Waals surface area contributed by atoms with Gasteiger partial charge < -0.3 is 5.32 Å². The van der Waals surface area contributed by atoms with Crippen molar-refractivity contribution in [3.8, 4) is 5.82 Å². The molecule has 0 aliphatic rings. The number of aryl methyl sites for hydroxylation is 1. The van der Waals surface area contributed by atoms with Gasteiger partial charge in [0.15, 0.2) is 5.82 Å². The van der Waals surface area contributed by atoms with Gasteiger partial charge in [-0.1, -0.05) is 6.92 Å². The molecule has 2 rings (SSSR count). The Morgan fingerprint density at radius 1 is 1.24 bits per heavy atom. The van der Waals surface area contributed by atoms with Crippen molar-refractivity contribution in [1.82, 2.24) is 20.1 Å². The van der Waals surface area contributed by atoms with Crippen molar-refractivity contribution < 1.29 is 0 Å². The minimum atomic E-state index is 0.870. The highest BCUT2D eigenvalue weighted by Gasteiger charge is 2.13. The first-order valence-electron chi connectivity index (χ1n) is 7.51. The van der Waals surface area contributed by atoms with Crippen molar-refractivity contribution in [3.05, 3.63) is 39.8 Å². The summed E-state index contributed by atoms with van der Waals surface area (Å²) in [5, 5.41) is 8.09. The summed E-state index contributed by atoms with van der Waals surface area (Å²) in [6.45, 7) is 8.56. The summed E-state index contributed by atoms with van der Waals surface area (Å²) < 4.78 is 2.92. The topological polar surface area (TPSA) is 42.7 Å². The second kappa shape index (κ2) is 7.71. The standard InChI is InChI=1S/C16H23BrN4/c1-4-9-18-10-5-6-15-12(2)20-21(13(15)3)16-8-7-14(17)11-19-16/h7-8,11,18H,4-6,9-10H2,1-3H3. The quantitative estimate of drug-likeness (QED) is 0.776. The number of pyridine rings is 1. The Balaban J connectivity index is 2.08. The Morgan fingerprint density at radius 3 is 2.71 bits per heavy atom. The predicted octanol–water partition coefficient (Wildman–Crippen LogP) is 3.58. The average Bonchev–Trinajstić information content (AvgIpc) is 2.75. The Hall–Kier alpha value is -1.20. The summed E-state index contributed by atoms with van der Waals surface area (Å²) >= 11 is 3.41. The highest BCUT2D eigenvalue weighted by atomic mass is 79.9. The Bertz CT molecular complexity index is 575. The van der Waals surface area contributed by atoms with Gasteiger partial charge in [-0.15, -0.1) is 0 Å². The van der Waals surface area contributed by atoms with Gasteiger partial charge in [0.2, 0.25) is 0 Å². The minimum Gasteiger partial charge on any atom is -0.317 e. The molecule has 0 fully saturated rings. The van der Waals surface area contributed by atoms with E-state index in [1.54, 1.807) is 6.20 Å². The van der Waals surface area contributed by atoms with E-state index in [-0.39, 0.29) is 0 Å². The molecule has 1 N–H and O–H groups in total. The van der Waals surface area contributed by atoms with Crippen LogP contribution in [0.5, 0.6) is 0 Å². The summed E-state index contributed by atoms with van der Waals surface area (Å²) in [6, 6.07) is 3.98. The highest BCUT2D eigenvalue weighted by molar-refractivity contribution is 9.10. The molecular formula is C16H23BrN4. The SMILES string of the molecule is CCCNCCCc1c(C)nn(-c2ccc(Br)cn2)c1C. The van der Waals surface area contributed by atoms with E-state index in [0.29, 0.717) is 0 Å². The zero-order valence-corrected chi connectivity index (χ0v) is 14.6. The Morgan fingerprint density at radius 2 is 2.05 bits per heavy atom. The molecule has 2 heterocycles. The number of halogens is 1. The first-order chi connectivity index (χ1) is 10.1. The van der Waals surface area contributed by atoms with Crippen LogP contribution >= 0.6 is 15.9 Å². The predicted molar refractivity (Wildman–Crippen MR) is 90.0 cm³/mol. The number of aromatic nitrogens is 3. The molecule has 114 valence electrons. The van der Waals surface area contributed by atoms with Gasteiger partial charge >= 0.3 is 0 Å². The van der Waals surface area contributed by atoms with Crippen molar-refractivity contribution in [2.24, 2.45) is 0 Å². The maximum Gasteiger partial charge on any atom is 0.153 e. The van der Waals surface area contributed by atoms with Crippen molar-refractivity contribution in [3.63, 3.8) is 0 Å². The van der Waals surface area contributed by atoms with Gasteiger partial charge in [-0.3, -0.25) is 0 Å². The molecule has 0 saturated heterocycles. The third-order valence-electron chi connectivity index (χ3n) is 3.58. The monoisotopic (exact) mass is 350 g/mol. The molecule has 2 aromatic heterocycles. The second-order valence-electron chi connectivity index (χ2n) is 5.25. The van der Waals surface area contributed by atoms with Crippen LogP contribution in [0.3, 0.4) is 0 Å². The van der Waals surface area contributed by atoms with E-state index in [9.17, 15) is 0 Å². The van der Waals surface area contributed by atoms with Crippen LogP contribution < -0.4 is 5.32 Å². The van der Waals surface area contributed by atoms with Gasteiger partial charge in [0.05, 0.1) is 5.69 Å². The third kappa shape index (κ3) is 4.14. The van der Waals surface area contributed by atoms with Gasteiger partial charge in [0, 0.05) is 16.4 Å². The van der Waals surface area contributed by atoms with E-state index in [1.807, 2.05) is 16.8 Å². The first-order valence-corrected chi connectivity index (χ1v) is 8.30. The number of nitrogens with one attached hydrogen (secondary N) is 1. The van der Waals surface area contributed by atoms with Gasteiger partial charge in [-0.25, -0.2) is 9.67 Å². The smallest absolute Gasteiger partial charge is 0.153 e. The molecular weight excluding hydrogens is 328 g/mol. The summed E-state index contributed by atoms with van der Waals surface area (Å²) in [5.74, 6) is 0.870. The molecule has 0 atom stereocenters. The molecule has 0 aliphatic heterocycles. The van der Waals surface area contributed by atoms with Crippen LogP contribution in [0.4, 0.5) is 0 Å². The van der Waals surface area contributed by atoms with Crippen LogP contribution in [0.2, 0.25) is 0 Å². The molecule has 4 nitrogen and oxygen atoms in total. The molecule has 0 saturated carbocycles. The summed E-state index contributed by atoms with van der Waals surface area (Å²) in [5.41, 5.74) is 3.64. The number of nitrogens with zero attached hydrogens (tertiary/aromatic N) is 3. The van der Waals surface area contributed by atoms with Crippen LogP contribution in [0, 0.1) is 13.8 Å². The minimum absolute atomic E-state index is 0.870. The normalized spacial score (nSPS) is 11.0. The molecule has 0 amide bonds. The Labute approximate surface area is 135 Å². The molecule has 0 radical (unpaired) electrons. The average molecular weight is 351 g/mol. The molecule has 5 heteroatoms. The van der Waals surface area contributed by atoms with Crippen molar-refractivity contribution in [2.45, 2.75) is 40.0 Å². The van der Waals surface area contributed by atoms with E-state index < -0.39 is 0 Å². The van der Waals surface area contributed by atoms with Crippen LogP contribution in [-0.2, 0) is 6.42 Å². The fraction of sp³-hybridized carbons (Fsp3) is 0.500. The number of rotatable bonds is 7. The Kier molecular flexibility index (Phi) is 5.94. The lowest BCUT2D eigenvalue weighted by molar-refractivity contribution is 0.638. The molecule has 0 unspecified atom stereocenters. The maximum atomic E-state index is 4.64. The third-order valence-corrected chi connectivity index (χ3v) is 4.05. The van der Waals surface area contributed by atoms with Gasteiger partial charge in [-0.2, -0.15) is 5.10 Å². The zero-order valence-electron chi connectivity index (χ0n) is 13.0. The van der Waals surface area contributed by atoms with Gasteiger partial charge in [0.1, 0.15) is 0 Å². The molecule has 0 aromatic carbocycles. The number of hydrogen-bond donors (Lipinski definition) is 1. The summed E-state index contributed by atoms with van der Waals surface area (Å²) in [6.07, 6.45) is 5.19. The van der Waals surface area contributed by atoms with Crippen LogP contribution in [0.25, 0.3) is 5.82 Å². The van der Waals surface area contributed by atoms with Crippen LogP contribution in [0.1, 0.15) is 36.7 Å². The first kappa shape index (κ1) is 16.2. The van der Waals surface area contributed by atoms with E-state index in [4.69, 9.17) is 0 Å². The lowest BCUT2D eigenvalue weighted by Gasteiger charge is -2.05. The fourth-order valence-corrected chi connectivity index (χ4v) is 2.68. The van der Waals surface area contributed by atoms with Crippen LogP contribution in [-0.4, -0.2) is 27.9 Å². The van der Waals surface area contributed by atoms with Crippen molar-refractivity contribution in [1.29, 1.82) is 0 Å². The van der Waals surface area contributed by atoms with Crippen molar-refractivity contribution in [2.75, 3.05) is 13.1 Å². The maximum absolute atomic E-state index is 4.64. The number of hydrogen-bond acceptors (Lipinski definition) is 3. The van der Waals surface area contributed by atoms with E-state index >= 15 is 0 Å². The fourth-order valence-electron chi connectivity index (χ4n) is 2.45. The largest absolute Gasteiger partial charge is 0.317 e. The molecule has 0 spiro atoms. The van der Waals surface area contributed by atoms with E-state index in [1.165, 1.54) is 17.7 Å². The van der Waals surface area contributed by atoms with Gasteiger partial charge in [-0.05, 0) is 79.8 Å². The van der Waals surface area contributed by atoms with E-state index in [0.717, 1.165) is 41.9 Å². The second-order valence-corrected chi connectivity index (χ2v) is 6.17. The highest BCUT2D eigenvalue weighted by Crippen LogP contribution is 2.19. The lowest BCUT2D eigenvalue weighted by Crippen LogP contribution is -2.16. The van der Waals surface area contributed by atoms with Crippen molar-refractivity contribution >= 4 is 15.9 Å².